The van der Waals surface area contributed by atoms with Crippen molar-refractivity contribution in [1.82, 2.24) is 14.5 Å². The summed E-state index contributed by atoms with van der Waals surface area (Å²) in [5.41, 5.74) is -3.32. The number of nitro groups is 1. The number of nitrogens with zero attached hydrogens (tertiary/aromatic N) is 4. The number of phenols is 2. The summed E-state index contributed by atoms with van der Waals surface area (Å²) in [6.45, 7) is 1.98. The van der Waals surface area contributed by atoms with Crippen molar-refractivity contribution >= 4 is 29.4 Å². The molecule has 286 valence electrons. The third-order valence-corrected chi connectivity index (χ3v) is 10.5. The maximum absolute atomic E-state index is 14.0. The van der Waals surface area contributed by atoms with Gasteiger partial charge in [-0.1, -0.05) is 17.1 Å². The third kappa shape index (κ3) is 5.93. The molecule has 0 saturated carbocycles. The third-order valence-electron chi connectivity index (χ3n) is 10.5. The number of methoxy groups -OCH3 is 1. The Labute approximate surface area is 306 Å². The lowest BCUT2D eigenvalue weighted by Gasteiger charge is -2.44. The molecule has 2 saturated heterocycles. The molecule has 1 amide bonds. The number of carbonyl (C=O) groups excluding carboxylic acids is 4. The van der Waals surface area contributed by atoms with Crippen LogP contribution in [0, 0.1) is 10.1 Å². The molecule has 2 aliphatic carbocycles. The molecule has 3 N–H and O–H groups in total. The second-order valence-corrected chi connectivity index (χ2v) is 13.5. The Kier molecular flexibility index (Phi) is 9.38. The number of phenolic OH excluding ortho intramolecular Hbond substituents is 2. The predicted octanol–water partition coefficient (Wildman–Crippen LogP) is 2.32. The van der Waals surface area contributed by atoms with Crippen LogP contribution >= 0.6 is 0 Å². The Morgan fingerprint density at radius 3 is 2.57 bits per heavy atom. The molecule has 6 atom stereocenters. The average Bonchev–Trinajstić information content (AvgIpc) is 3.36. The molecule has 0 spiro atoms. The van der Waals surface area contributed by atoms with Crippen LogP contribution in [0.1, 0.15) is 81.5 Å². The van der Waals surface area contributed by atoms with Gasteiger partial charge in [-0.25, -0.2) is 9.36 Å². The molecule has 0 bridgehead atoms. The van der Waals surface area contributed by atoms with Gasteiger partial charge < -0.3 is 53.9 Å². The van der Waals surface area contributed by atoms with Gasteiger partial charge in [0.15, 0.2) is 30.2 Å². The minimum absolute atomic E-state index is 0.0644. The van der Waals surface area contributed by atoms with Crippen molar-refractivity contribution in [2.45, 2.75) is 76.0 Å². The molecule has 0 unspecified atom stereocenters. The minimum atomic E-state index is -2.13. The van der Waals surface area contributed by atoms with E-state index >= 15 is 0 Å². The van der Waals surface area contributed by atoms with Crippen LogP contribution in [0.5, 0.6) is 17.2 Å². The zero-order valence-electron chi connectivity index (χ0n) is 29.5. The first-order valence-corrected chi connectivity index (χ1v) is 16.9. The van der Waals surface area contributed by atoms with Crippen LogP contribution in [0.15, 0.2) is 24.4 Å². The van der Waals surface area contributed by atoms with Crippen molar-refractivity contribution in [2.24, 2.45) is 7.05 Å². The molecule has 2 fully saturated rings. The van der Waals surface area contributed by atoms with E-state index in [1.165, 1.54) is 48.0 Å². The number of hydrogen-bond acceptors (Lipinski definition) is 16. The number of carbonyl (C=O) groups is 4. The Bertz CT molecular complexity index is 2100. The fourth-order valence-corrected chi connectivity index (χ4v) is 7.64. The van der Waals surface area contributed by atoms with Gasteiger partial charge in [-0.3, -0.25) is 19.3 Å². The van der Waals surface area contributed by atoms with Gasteiger partial charge in [0.05, 0.1) is 49.1 Å². The normalized spacial score (nSPS) is 26.2. The summed E-state index contributed by atoms with van der Waals surface area (Å²) in [6.07, 6.45) is -4.78. The highest BCUT2D eigenvalue weighted by Crippen LogP contribution is 2.52. The molecule has 0 radical (unpaired) electrons. The number of amides is 1. The van der Waals surface area contributed by atoms with E-state index < -0.39 is 106 Å². The number of aromatic hydroxyl groups is 2. The van der Waals surface area contributed by atoms with Crippen molar-refractivity contribution in [2.75, 3.05) is 20.6 Å². The van der Waals surface area contributed by atoms with Crippen LogP contribution in [0.25, 0.3) is 0 Å². The Balaban J connectivity index is 1.22. The van der Waals surface area contributed by atoms with Gasteiger partial charge in [-0.15, -0.1) is 0 Å². The Morgan fingerprint density at radius 1 is 1.15 bits per heavy atom. The van der Waals surface area contributed by atoms with Crippen molar-refractivity contribution in [3.63, 3.8) is 0 Å². The first kappa shape index (κ1) is 36.9. The number of rotatable bonds is 7. The SMILES string of the molecule is COc1cccc2c1C(=O)c1c(O)c3c(c(O)c1C2=O)C[C@@](O)(C(C)=O)C[C@@H]3O[C@H]1C[C@H]2[C@H](OCOCN2C(=O)OCc2cnc([N+](=O)[O-])n2C)[C@H](C)O1. The van der Waals surface area contributed by atoms with Crippen molar-refractivity contribution in [1.29, 1.82) is 0 Å². The van der Waals surface area contributed by atoms with Gasteiger partial charge in [0.1, 0.15) is 48.7 Å². The lowest BCUT2D eigenvalue weighted by molar-refractivity contribution is -0.396. The molecule has 2 aromatic carbocycles. The zero-order chi connectivity index (χ0) is 38.8. The summed E-state index contributed by atoms with van der Waals surface area (Å²) in [7, 11) is 2.72. The van der Waals surface area contributed by atoms with E-state index in [9.17, 15) is 44.6 Å². The molecule has 7 rings (SSSR count). The smallest absolute Gasteiger partial charge is 0.434 e. The van der Waals surface area contributed by atoms with Crippen molar-refractivity contribution in [3.05, 3.63) is 73.6 Å². The maximum atomic E-state index is 14.0. The number of hydrogen-bond donors (Lipinski definition) is 3. The van der Waals surface area contributed by atoms with Gasteiger partial charge in [0, 0.05) is 36.0 Å². The standard InChI is InChI=1S/C35H36N4O15/c1-15-32-20(38(13-50-14-52-32)34(45)51-12-17-11-36-33(37(17)3)39(47)48)8-23(53-15)54-22-10-35(46,16(2)40)9-19-25(22)31(44)27-26(29(19)42)28(41)18-6-5-7-21(49-4)24(18)30(27)43/h5-7,11,15,20,22-23,32,42,44,46H,8-10,12-14H2,1-4H3/t15-,20-,22-,23-,32+,35-/m0/s1. The van der Waals surface area contributed by atoms with Crippen LogP contribution in [-0.2, 0) is 48.6 Å². The van der Waals surface area contributed by atoms with E-state index in [-0.39, 0.29) is 60.2 Å². The van der Waals surface area contributed by atoms with E-state index in [2.05, 4.69) is 4.98 Å². The first-order chi connectivity index (χ1) is 25.7. The first-order valence-electron chi connectivity index (χ1n) is 16.9. The monoisotopic (exact) mass is 752 g/mol. The van der Waals surface area contributed by atoms with E-state index in [4.69, 9.17) is 28.4 Å². The summed E-state index contributed by atoms with van der Waals surface area (Å²) < 4.78 is 35.9. The van der Waals surface area contributed by atoms with Crippen LogP contribution in [0.2, 0.25) is 0 Å². The fraction of sp³-hybridized carbons (Fsp3) is 0.457. The van der Waals surface area contributed by atoms with Gasteiger partial charge in [-0.2, -0.15) is 0 Å². The van der Waals surface area contributed by atoms with Crippen LogP contribution < -0.4 is 4.74 Å². The summed E-state index contributed by atoms with van der Waals surface area (Å²) in [4.78, 5) is 69.6. The molecule has 54 heavy (non-hydrogen) atoms. The number of aliphatic hydroxyl groups is 1. The Morgan fingerprint density at radius 2 is 1.89 bits per heavy atom. The number of Topliss-reactive ketones (excluding diaryl/α,β-unsaturated/α-hetero) is 1. The highest BCUT2D eigenvalue weighted by molar-refractivity contribution is 6.31. The molecule has 3 heterocycles. The molecular formula is C35H36N4O15. The van der Waals surface area contributed by atoms with Crippen molar-refractivity contribution in [3.8, 4) is 17.2 Å². The minimum Gasteiger partial charge on any atom is -0.507 e. The predicted molar refractivity (Wildman–Crippen MR) is 178 cm³/mol. The number of imidazole rings is 1. The number of benzene rings is 2. The maximum Gasteiger partial charge on any atom is 0.434 e. The quantitative estimate of drug-likeness (QED) is 0.139. The molecule has 19 nitrogen and oxygen atoms in total. The number of aromatic nitrogens is 2. The summed E-state index contributed by atoms with van der Waals surface area (Å²) >= 11 is 0. The molecule has 3 aromatic rings. The van der Waals surface area contributed by atoms with Gasteiger partial charge in [-0.05, 0) is 24.8 Å². The van der Waals surface area contributed by atoms with E-state index in [1.54, 1.807) is 6.92 Å². The van der Waals surface area contributed by atoms with Gasteiger partial charge in [0.25, 0.3) is 0 Å². The molecule has 4 aliphatic rings. The Hall–Kier alpha value is -5.47. The lowest BCUT2D eigenvalue weighted by atomic mass is 9.72. The number of ketones is 3. The van der Waals surface area contributed by atoms with Crippen LogP contribution in [-0.4, -0.2) is 109 Å². The zero-order valence-corrected chi connectivity index (χ0v) is 29.5. The van der Waals surface area contributed by atoms with E-state index in [0.717, 1.165) is 6.92 Å². The molecule has 2 aliphatic heterocycles. The summed E-state index contributed by atoms with van der Waals surface area (Å²) in [5, 5.41) is 46.2. The highest BCUT2D eigenvalue weighted by atomic mass is 16.7. The largest absolute Gasteiger partial charge is 0.507 e. The second kappa shape index (κ2) is 13.7. The highest BCUT2D eigenvalue weighted by Gasteiger charge is 2.51. The second-order valence-electron chi connectivity index (χ2n) is 13.5. The van der Waals surface area contributed by atoms with Crippen molar-refractivity contribution < 1.29 is 67.8 Å². The molecular weight excluding hydrogens is 716 g/mol. The van der Waals surface area contributed by atoms with Crippen LogP contribution in [0.4, 0.5) is 10.7 Å². The van der Waals surface area contributed by atoms with Gasteiger partial charge >= 0.3 is 12.0 Å². The number of fused-ring (bicyclic) bond motifs is 4. The average molecular weight is 753 g/mol. The molecule has 19 heteroatoms. The van der Waals surface area contributed by atoms with Crippen LogP contribution in [0.3, 0.4) is 0 Å². The number of ether oxygens (including phenoxy) is 6. The topological polar surface area (TPSA) is 249 Å². The molecule has 1 aromatic heterocycles. The summed E-state index contributed by atoms with van der Waals surface area (Å²) in [5.74, 6) is -4.00. The lowest BCUT2D eigenvalue weighted by Crippen LogP contribution is -2.57. The van der Waals surface area contributed by atoms with E-state index in [1.807, 2.05) is 0 Å². The van der Waals surface area contributed by atoms with E-state index in [0.29, 0.717) is 0 Å². The summed E-state index contributed by atoms with van der Waals surface area (Å²) in [6, 6.07) is 3.55. The fourth-order valence-electron chi connectivity index (χ4n) is 7.64. The van der Waals surface area contributed by atoms with Gasteiger partial charge in [0.2, 0.25) is 5.78 Å².